The number of aliphatic hydroxyl groups is 2. The van der Waals surface area contributed by atoms with Crippen molar-refractivity contribution in [3.8, 4) is 0 Å². The maximum absolute atomic E-state index is 7.00. The second kappa shape index (κ2) is 13.5. The number of rotatable bonds is 1. The van der Waals surface area contributed by atoms with Crippen molar-refractivity contribution < 1.29 is 31.9 Å². The first-order valence-electron chi connectivity index (χ1n) is 4.18. The van der Waals surface area contributed by atoms with E-state index >= 15 is 0 Å². The average molecular weight is 243 g/mol. The van der Waals surface area contributed by atoms with Gasteiger partial charge in [0.25, 0.3) is 0 Å². The Kier molecular flexibility index (Phi) is 17.9. The van der Waals surface area contributed by atoms with Crippen LogP contribution in [-0.4, -0.2) is 24.4 Å². The summed E-state index contributed by atoms with van der Waals surface area (Å²) in [5.41, 5.74) is 3.28. The van der Waals surface area contributed by atoms with E-state index in [1.807, 2.05) is 31.2 Å². The van der Waals surface area contributed by atoms with Gasteiger partial charge in [-0.25, -0.2) is 0 Å². The van der Waals surface area contributed by atoms with Gasteiger partial charge in [-0.2, -0.15) is 18.6 Å². The molecule has 84 valence electrons. The number of hydrogen-bond acceptors (Lipinski definition) is 2. The fraction of sp³-hybridized carbons (Fsp3) is 0.250. The van der Waals surface area contributed by atoms with Crippen molar-refractivity contribution in [1.29, 1.82) is 0 Å². The van der Waals surface area contributed by atoms with Crippen LogP contribution in [0.25, 0.3) is 5.57 Å². The predicted octanol–water partition coefficient (Wildman–Crippen LogP) is 2.12. The second-order valence-corrected chi connectivity index (χ2v) is 2.44. The van der Waals surface area contributed by atoms with E-state index in [1.54, 1.807) is 0 Å². The molecule has 0 aliphatic heterocycles. The molecule has 0 fully saturated rings. The molecule has 0 radical (unpaired) electrons. The maximum Gasteiger partial charge on any atom is 0.0319 e. The first kappa shape index (κ1) is 20.0. The van der Waals surface area contributed by atoms with Crippen molar-refractivity contribution in [2.75, 3.05) is 14.2 Å². The van der Waals surface area contributed by atoms with Gasteiger partial charge in [-0.1, -0.05) is 13.0 Å². The molecule has 0 heterocycles. The Labute approximate surface area is 108 Å². The Morgan fingerprint density at radius 3 is 1.80 bits per heavy atom. The van der Waals surface area contributed by atoms with Gasteiger partial charge >= 0.3 is 0 Å². The molecule has 0 aliphatic rings. The minimum atomic E-state index is 0. The SMILES string of the molecule is C=C(C)c1ccccc1[CH2-].CO.CO.[Ti]. The Balaban J connectivity index is -0.000000258. The molecular weight excluding hydrogens is 224 g/mol. The van der Waals surface area contributed by atoms with Crippen LogP contribution in [0.5, 0.6) is 0 Å². The molecule has 1 aromatic rings. The van der Waals surface area contributed by atoms with E-state index in [0.717, 1.165) is 30.9 Å². The van der Waals surface area contributed by atoms with Crippen LogP contribution < -0.4 is 0 Å². The normalized spacial score (nSPS) is 7.00. The summed E-state index contributed by atoms with van der Waals surface area (Å²) >= 11 is 0. The second-order valence-electron chi connectivity index (χ2n) is 2.44. The molecule has 0 spiro atoms. The van der Waals surface area contributed by atoms with Gasteiger partial charge in [-0.15, -0.1) is 29.8 Å². The van der Waals surface area contributed by atoms with E-state index in [1.165, 1.54) is 0 Å². The third-order valence-electron chi connectivity index (χ3n) is 1.48. The molecule has 3 heteroatoms. The summed E-state index contributed by atoms with van der Waals surface area (Å²) in [6.45, 7) is 9.72. The molecule has 0 bridgehead atoms. The summed E-state index contributed by atoms with van der Waals surface area (Å²) in [6.07, 6.45) is 0. The van der Waals surface area contributed by atoms with Crippen molar-refractivity contribution in [3.63, 3.8) is 0 Å². The smallest absolute Gasteiger partial charge is 0.0319 e. The van der Waals surface area contributed by atoms with Crippen LogP contribution in [0.1, 0.15) is 18.1 Å². The zero-order chi connectivity index (χ0) is 11.6. The van der Waals surface area contributed by atoms with E-state index in [0.29, 0.717) is 0 Å². The zero-order valence-corrected chi connectivity index (χ0v) is 11.2. The topological polar surface area (TPSA) is 40.5 Å². The average Bonchev–Trinajstić information content (AvgIpc) is 2.24. The van der Waals surface area contributed by atoms with Gasteiger partial charge in [-0.3, -0.25) is 0 Å². The largest absolute Gasteiger partial charge is 0.400 e. The quantitative estimate of drug-likeness (QED) is 0.586. The van der Waals surface area contributed by atoms with Crippen molar-refractivity contribution in [2.45, 2.75) is 6.92 Å². The van der Waals surface area contributed by atoms with E-state index in [4.69, 9.17) is 10.2 Å². The summed E-state index contributed by atoms with van der Waals surface area (Å²) < 4.78 is 0. The summed E-state index contributed by atoms with van der Waals surface area (Å²) in [6, 6.07) is 8.00. The van der Waals surface area contributed by atoms with Crippen molar-refractivity contribution in [1.82, 2.24) is 0 Å². The van der Waals surface area contributed by atoms with Crippen LogP contribution in [0.15, 0.2) is 30.8 Å². The number of hydrogen-bond donors (Lipinski definition) is 2. The zero-order valence-electron chi connectivity index (χ0n) is 9.62. The molecule has 0 unspecified atom stereocenters. The Morgan fingerprint density at radius 2 is 1.53 bits per heavy atom. The fourth-order valence-corrected chi connectivity index (χ4v) is 0.937. The predicted molar refractivity (Wildman–Crippen MR) is 61.9 cm³/mol. The Hall–Kier alpha value is -0.536. The van der Waals surface area contributed by atoms with E-state index in [-0.39, 0.29) is 21.7 Å². The molecule has 0 aliphatic carbocycles. The fourth-order valence-electron chi connectivity index (χ4n) is 0.937. The van der Waals surface area contributed by atoms with Crippen LogP contribution in [-0.2, 0) is 21.7 Å². The van der Waals surface area contributed by atoms with Gasteiger partial charge in [0.05, 0.1) is 0 Å². The van der Waals surface area contributed by atoms with E-state index in [9.17, 15) is 0 Å². The molecule has 1 rings (SSSR count). The summed E-state index contributed by atoms with van der Waals surface area (Å²) in [7, 11) is 2.00. The maximum atomic E-state index is 7.00. The molecule has 2 N–H and O–H groups in total. The monoisotopic (exact) mass is 243 g/mol. The molecule has 0 saturated heterocycles. The minimum Gasteiger partial charge on any atom is -0.400 e. The van der Waals surface area contributed by atoms with Crippen LogP contribution in [0.2, 0.25) is 0 Å². The van der Waals surface area contributed by atoms with Crippen LogP contribution in [0.4, 0.5) is 0 Å². The number of aliphatic hydroxyl groups excluding tert-OH is 2. The first-order chi connectivity index (χ1) is 6.72. The third kappa shape index (κ3) is 8.46. The van der Waals surface area contributed by atoms with Gasteiger partial charge in [0.1, 0.15) is 0 Å². The van der Waals surface area contributed by atoms with Crippen molar-refractivity contribution in [2.24, 2.45) is 0 Å². The molecule has 0 amide bonds. The summed E-state index contributed by atoms with van der Waals surface area (Å²) in [5.74, 6) is 0. The third-order valence-corrected chi connectivity index (χ3v) is 1.48. The molecule has 15 heavy (non-hydrogen) atoms. The van der Waals surface area contributed by atoms with Crippen molar-refractivity contribution in [3.05, 3.63) is 48.9 Å². The van der Waals surface area contributed by atoms with Gasteiger partial charge in [-0.05, 0) is 0 Å². The van der Waals surface area contributed by atoms with Crippen LogP contribution in [0.3, 0.4) is 0 Å². The molecular formula is C12H19O2Ti-. The number of benzene rings is 1. The van der Waals surface area contributed by atoms with Gasteiger partial charge < -0.3 is 10.2 Å². The Morgan fingerprint density at radius 1 is 1.13 bits per heavy atom. The molecule has 0 saturated carbocycles. The van der Waals surface area contributed by atoms with Gasteiger partial charge in [0, 0.05) is 35.9 Å². The summed E-state index contributed by atoms with van der Waals surface area (Å²) in [4.78, 5) is 0. The Bertz CT molecular complexity index is 260. The van der Waals surface area contributed by atoms with Crippen molar-refractivity contribution >= 4 is 5.57 Å². The van der Waals surface area contributed by atoms with Gasteiger partial charge in [0.15, 0.2) is 0 Å². The molecule has 0 aromatic heterocycles. The van der Waals surface area contributed by atoms with Crippen LogP contribution >= 0.6 is 0 Å². The minimum absolute atomic E-state index is 0. The first-order valence-corrected chi connectivity index (χ1v) is 4.18. The van der Waals surface area contributed by atoms with E-state index in [2.05, 4.69) is 13.5 Å². The summed E-state index contributed by atoms with van der Waals surface area (Å²) in [5, 5.41) is 14.0. The van der Waals surface area contributed by atoms with Crippen LogP contribution in [0, 0.1) is 6.92 Å². The number of allylic oxidation sites excluding steroid dienone is 1. The molecule has 1 aromatic carbocycles. The van der Waals surface area contributed by atoms with Gasteiger partial charge in [0.2, 0.25) is 0 Å². The molecule has 2 nitrogen and oxygen atoms in total. The molecule has 0 atom stereocenters. The van der Waals surface area contributed by atoms with E-state index < -0.39 is 0 Å². The standard InChI is InChI=1S/C10H11.2CH4O.Ti/c1-8(2)10-7-5-4-6-9(10)3;2*1-2;/h4-7H,1,3H2,2H3;2*2H,1H3;/q-1;;;.